The van der Waals surface area contributed by atoms with Crippen molar-refractivity contribution in [3.8, 4) is 0 Å². The third kappa shape index (κ3) is 5.97. The molecule has 0 heterocycles. The summed E-state index contributed by atoms with van der Waals surface area (Å²) in [4.78, 5) is 0. The first-order chi connectivity index (χ1) is 6.24. The molecular weight excluding hydrogens is 160 g/mol. The molecule has 0 aromatic rings. The Morgan fingerprint density at radius 2 is 1.85 bits per heavy atom. The molecular formula is C12H18O. The normalized spacial score (nSPS) is 10.5. The molecule has 0 saturated heterocycles. The van der Waals surface area contributed by atoms with Crippen LogP contribution in [0.1, 0.15) is 20.3 Å². The lowest BCUT2D eigenvalue weighted by Crippen LogP contribution is -1.88. The van der Waals surface area contributed by atoms with Crippen LogP contribution in [0, 0.1) is 0 Å². The van der Waals surface area contributed by atoms with Crippen LogP contribution < -0.4 is 0 Å². The van der Waals surface area contributed by atoms with Gasteiger partial charge in [0.25, 0.3) is 0 Å². The number of hydrogen-bond donors (Lipinski definition) is 0. The Morgan fingerprint density at radius 3 is 2.31 bits per heavy atom. The van der Waals surface area contributed by atoms with Crippen LogP contribution in [0.4, 0.5) is 0 Å². The van der Waals surface area contributed by atoms with E-state index in [0.29, 0.717) is 0 Å². The maximum atomic E-state index is 5.38. The molecule has 0 fully saturated rings. The van der Waals surface area contributed by atoms with E-state index in [0.717, 1.165) is 24.4 Å². The second kappa shape index (κ2) is 7.41. The minimum Gasteiger partial charge on any atom is -0.498 e. The lowest BCUT2D eigenvalue weighted by Gasteiger charge is -2.02. The predicted molar refractivity (Wildman–Crippen MR) is 58.5 cm³/mol. The van der Waals surface area contributed by atoms with Gasteiger partial charge in [0, 0.05) is 0 Å². The topological polar surface area (TPSA) is 9.23 Å². The fraction of sp³-hybridized carbons (Fsp3) is 0.333. The van der Waals surface area contributed by atoms with Crippen LogP contribution in [-0.2, 0) is 4.74 Å². The van der Waals surface area contributed by atoms with Gasteiger partial charge in [0.15, 0.2) is 0 Å². The molecule has 0 aromatic heterocycles. The maximum absolute atomic E-state index is 5.38. The second-order valence-corrected chi connectivity index (χ2v) is 2.70. The Morgan fingerprint density at radius 1 is 1.23 bits per heavy atom. The van der Waals surface area contributed by atoms with Crippen LogP contribution in [0.15, 0.2) is 48.8 Å². The van der Waals surface area contributed by atoms with Crippen LogP contribution in [-0.4, -0.2) is 6.61 Å². The van der Waals surface area contributed by atoms with E-state index in [1.807, 2.05) is 19.1 Å². The molecule has 0 aliphatic carbocycles. The SMILES string of the molecule is C=CC(C=C)=C/C=C(\C)OCCC. The Bertz CT molecular complexity index is 211. The van der Waals surface area contributed by atoms with Crippen molar-refractivity contribution in [1.82, 2.24) is 0 Å². The Balaban J connectivity index is 4.13. The number of hydrogen-bond acceptors (Lipinski definition) is 1. The van der Waals surface area contributed by atoms with Gasteiger partial charge in [-0.2, -0.15) is 0 Å². The Kier molecular flexibility index (Phi) is 6.70. The van der Waals surface area contributed by atoms with Gasteiger partial charge in [0.05, 0.1) is 12.4 Å². The zero-order valence-corrected chi connectivity index (χ0v) is 8.55. The largest absolute Gasteiger partial charge is 0.498 e. The summed E-state index contributed by atoms with van der Waals surface area (Å²) >= 11 is 0. The van der Waals surface area contributed by atoms with Gasteiger partial charge in [-0.15, -0.1) is 0 Å². The number of allylic oxidation sites excluding steroid dienone is 6. The van der Waals surface area contributed by atoms with Crippen LogP contribution in [0.3, 0.4) is 0 Å². The van der Waals surface area contributed by atoms with Gasteiger partial charge in [-0.25, -0.2) is 0 Å². The van der Waals surface area contributed by atoms with Gasteiger partial charge in [-0.1, -0.05) is 38.3 Å². The average molecular weight is 178 g/mol. The molecule has 0 aliphatic rings. The third-order valence-corrected chi connectivity index (χ3v) is 1.52. The molecule has 0 saturated carbocycles. The quantitative estimate of drug-likeness (QED) is 0.446. The fourth-order valence-corrected chi connectivity index (χ4v) is 0.744. The van der Waals surface area contributed by atoms with Crippen molar-refractivity contribution in [2.45, 2.75) is 20.3 Å². The minimum atomic E-state index is 0.772. The van der Waals surface area contributed by atoms with Crippen molar-refractivity contribution in [1.29, 1.82) is 0 Å². The molecule has 0 bridgehead atoms. The Hall–Kier alpha value is -1.24. The van der Waals surface area contributed by atoms with Crippen molar-refractivity contribution in [3.63, 3.8) is 0 Å². The highest BCUT2D eigenvalue weighted by Crippen LogP contribution is 2.01. The molecule has 0 aliphatic heterocycles. The third-order valence-electron chi connectivity index (χ3n) is 1.52. The standard InChI is InChI=1S/C12H18O/c1-5-10-13-11(4)8-9-12(6-2)7-3/h6-9H,2-3,5,10H2,1,4H3/b11-8+. The van der Waals surface area contributed by atoms with Crippen molar-refractivity contribution >= 4 is 0 Å². The first-order valence-electron chi connectivity index (χ1n) is 4.50. The van der Waals surface area contributed by atoms with Crippen molar-refractivity contribution in [3.05, 3.63) is 48.8 Å². The molecule has 0 rings (SSSR count). The monoisotopic (exact) mass is 178 g/mol. The van der Waals surface area contributed by atoms with Crippen molar-refractivity contribution < 1.29 is 4.74 Å². The number of ether oxygens (including phenoxy) is 1. The van der Waals surface area contributed by atoms with E-state index >= 15 is 0 Å². The van der Waals surface area contributed by atoms with E-state index in [-0.39, 0.29) is 0 Å². The summed E-state index contributed by atoms with van der Waals surface area (Å²) in [7, 11) is 0. The second-order valence-electron chi connectivity index (χ2n) is 2.70. The van der Waals surface area contributed by atoms with Gasteiger partial charge in [-0.05, 0) is 25.0 Å². The molecule has 13 heavy (non-hydrogen) atoms. The summed E-state index contributed by atoms with van der Waals surface area (Å²) < 4.78 is 5.38. The zero-order valence-electron chi connectivity index (χ0n) is 8.55. The van der Waals surface area contributed by atoms with E-state index in [1.165, 1.54) is 0 Å². The highest BCUT2D eigenvalue weighted by Gasteiger charge is 1.86. The average Bonchev–Trinajstić information content (AvgIpc) is 2.16. The summed E-state index contributed by atoms with van der Waals surface area (Å²) in [6, 6.07) is 0. The molecule has 0 unspecified atom stereocenters. The predicted octanol–water partition coefficient (Wildman–Crippen LogP) is 3.62. The van der Waals surface area contributed by atoms with Crippen LogP contribution in [0.25, 0.3) is 0 Å². The van der Waals surface area contributed by atoms with E-state index in [9.17, 15) is 0 Å². The first-order valence-corrected chi connectivity index (χ1v) is 4.50. The van der Waals surface area contributed by atoms with E-state index in [2.05, 4.69) is 20.1 Å². The smallest absolute Gasteiger partial charge is 0.0929 e. The van der Waals surface area contributed by atoms with E-state index < -0.39 is 0 Å². The molecule has 72 valence electrons. The fourth-order valence-electron chi connectivity index (χ4n) is 0.744. The molecule has 1 heteroatoms. The molecule has 0 radical (unpaired) electrons. The lowest BCUT2D eigenvalue weighted by molar-refractivity contribution is 0.214. The maximum Gasteiger partial charge on any atom is 0.0929 e. The molecule has 0 spiro atoms. The number of rotatable bonds is 6. The van der Waals surface area contributed by atoms with Gasteiger partial charge in [0.1, 0.15) is 0 Å². The van der Waals surface area contributed by atoms with Gasteiger partial charge < -0.3 is 4.74 Å². The summed E-state index contributed by atoms with van der Waals surface area (Å²) in [5.41, 5.74) is 0.999. The van der Waals surface area contributed by atoms with E-state index in [4.69, 9.17) is 4.74 Å². The van der Waals surface area contributed by atoms with Gasteiger partial charge >= 0.3 is 0 Å². The highest BCUT2D eigenvalue weighted by molar-refractivity contribution is 5.31. The summed E-state index contributed by atoms with van der Waals surface area (Å²) in [6.45, 7) is 12.1. The zero-order chi connectivity index (χ0) is 10.1. The minimum absolute atomic E-state index is 0.772. The summed E-state index contributed by atoms with van der Waals surface area (Å²) in [5, 5.41) is 0. The van der Waals surface area contributed by atoms with Crippen LogP contribution >= 0.6 is 0 Å². The molecule has 0 N–H and O–H groups in total. The van der Waals surface area contributed by atoms with Crippen LogP contribution in [0.5, 0.6) is 0 Å². The van der Waals surface area contributed by atoms with Crippen LogP contribution in [0.2, 0.25) is 0 Å². The first kappa shape index (κ1) is 11.8. The molecule has 0 atom stereocenters. The summed E-state index contributed by atoms with van der Waals surface area (Å²) in [5.74, 6) is 0.919. The van der Waals surface area contributed by atoms with E-state index in [1.54, 1.807) is 12.2 Å². The molecule has 0 aromatic carbocycles. The van der Waals surface area contributed by atoms with Gasteiger partial charge in [0.2, 0.25) is 0 Å². The van der Waals surface area contributed by atoms with Gasteiger partial charge in [-0.3, -0.25) is 0 Å². The highest BCUT2D eigenvalue weighted by atomic mass is 16.5. The van der Waals surface area contributed by atoms with Crippen molar-refractivity contribution in [2.24, 2.45) is 0 Å². The Labute approximate surface area is 81.1 Å². The molecule has 0 amide bonds. The van der Waals surface area contributed by atoms with Crippen molar-refractivity contribution in [2.75, 3.05) is 6.61 Å². The summed E-state index contributed by atoms with van der Waals surface area (Å²) in [6.07, 6.45) is 8.41. The lowest BCUT2D eigenvalue weighted by atomic mass is 10.2. The molecule has 1 nitrogen and oxygen atoms in total.